The molecule has 4 nitrogen and oxygen atoms in total. The summed E-state index contributed by atoms with van der Waals surface area (Å²) in [6.45, 7) is 0. The number of para-hydroxylation sites is 1. The molecule has 7 rings (SSSR count). The van der Waals surface area contributed by atoms with Crippen molar-refractivity contribution in [3.8, 4) is 0 Å². The summed E-state index contributed by atoms with van der Waals surface area (Å²) < 4.78 is 0. The number of hydrogen-bond donors (Lipinski definition) is 0. The molecule has 2 unspecified atom stereocenters. The fraction of sp³-hybridized carbons (Fsp3) is 0.192. The maximum absolute atomic E-state index is 13.8. The molecular weight excluding hydrogens is 374 g/mol. The summed E-state index contributed by atoms with van der Waals surface area (Å²) in [6, 6.07) is 25.1. The number of rotatable bonds is 3. The van der Waals surface area contributed by atoms with E-state index in [1.165, 1.54) is 4.90 Å². The van der Waals surface area contributed by atoms with E-state index in [0.29, 0.717) is 5.69 Å². The molecule has 146 valence electrons. The minimum absolute atomic E-state index is 0.166. The van der Waals surface area contributed by atoms with Gasteiger partial charge in [-0.2, -0.15) is 0 Å². The van der Waals surface area contributed by atoms with Gasteiger partial charge in [0.1, 0.15) is 6.29 Å². The first-order valence-corrected chi connectivity index (χ1v) is 10.3. The molecule has 1 fully saturated rings. The number of anilines is 1. The van der Waals surface area contributed by atoms with Gasteiger partial charge in [-0.3, -0.25) is 9.59 Å². The van der Waals surface area contributed by atoms with Crippen LogP contribution in [-0.2, 0) is 19.8 Å². The fourth-order valence-corrected chi connectivity index (χ4v) is 6.24. The Kier molecular flexibility index (Phi) is 3.46. The predicted octanol–water partition coefficient (Wildman–Crippen LogP) is 3.83. The number of benzene rings is 3. The Bertz CT molecular complexity index is 1170. The van der Waals surface area contributed by atoms with Crippen LogP contribution in [-0.4, -0.2) is 18.1 Å². The summed E-state index contributed by atoms with van der Waals surface area (Å²) >= 11 is 0. The zero-order valence-corrected chi connectivity index (χ0v) is 16.2. The highest BCUT2D eigenvalue weighted by Gasteiger charge is 2.67. The van der Waals surface area contributed by atoms with E-state index < -0.39 is 17.3 Å². The molecule has 0 aromatic heterocycles. The second kappa shape index (κ2) is 5.99. The Morgan fingerprint density at radius 3 is 1.93 bits per heavy atom. The molecule has 2 bridgehead atoms. The van der Waals surface area contributed by atoms with E-state index in [1.807, 2.05) is 54.6 Å². The maximum Gasteiger partial charge on any atom is 0.238 e. The zero-order chi connectivity index (χ0) is 20.5. The van der Waals surface area contributed by atoms with Gasteiger partial charge in [0.2, 0.25) is 11.8 Å². The van der Waals surface area contributed by atoms with Crippen molar-refractivity contribution in [2.75, 3.05) is 4.90 Å². The standard InChI is InChI=1S/C26H19NO3/c28-15-14-26-19-12-6-4-10-17(19)21(18-11-5-7-13-20(18)26)22-23(26)25(30)27(24(22)29)16-8-2-1-3-9-16/h1-13,15,21-23H,14H2. The largest absolute Gasteiger partial charge is 0.303 e. The van der Waals surface area contributed by atoms with Gasteiger partial charge in [0.05, 0.1) is 17.5 Å². The third-order valence-electron chi connectivity index (χ3n) is 7.21. The lowest BCUT2D eigenvalue weighted by Crippen LogP contribution is -2.53. The van der Waals surface area contributed by atoms with Gasteiger partial charge < -0.3 is 4.79 Å². The van der Waals surface area contributed by atoms with Crippen LogP contribution in [0.2, 0.25) is 0 Å². The molecule has 1 saturated heterocycles. The van der Waals surface area contributed by atoms with Gasteiger partial charge in [-0.05, 0) is 34.4 Å². The van der Waals surface area contributed by atoms with Crippen LogP contribution in [0.4, 0.5) is 5.69 Å². The van der Waals surface area contributed by atoms with Crippen LogP contribution in [0.25, 0.3) is 0 Å². The predicted molar refractivity (Wildman–Crippen MR) is 112 cm³/mol. The van der Waals surface area contributed by atoms with Crippen LogP contribution >= 0.6 is 0 Å². The summed E-state index contributed by atoms with van der Waals surface area (Å²) in [7, 11) is 0. The first-order valence-electron chi connectivity index (χ1n) is 10.3. The van der Waals surface area contributed by atoms with Crippen molar-refractivity contribution in [2.24, 2.45) is 11.8 Å². The first-order chi connectivity index (χ1) is 14.7. The number of nitrogens with zero attached hydrogens (tertiary/aromatic N) is 1. The molecule has 3 aliphatic carbocycles. The summed E-state index contributed by atoms with van der Waals surface area (Å²) in [6.07, 6.45) is 1.08. The van der Waals surface area contributed by atoms with Crippen molar-refractivity contribution in [3.63, 3.8) is 0 Å². The van der Waals surface area contributed by atoms with Crippen molar-refractivity contribution >= 4 is 23.8 Å². The maximum atomic E-state index is 13.8. The van der Waals surface area contributed by atoms with E-state index in [0.717, 1.165) is 28.5 Å². The second-order valence-electron chi connectivity index (χ2n) is 8.35. The second-order valence-corrected chi connectivity index (χ2v) is 8.35. The Balaban J connectivity index is 1.67. The number of carbonyl (C=O) groups is 3. The summed E-state index contributed by atoms with van der Waals surface area (Å²) in [5.74, 6) is -1.62. The lowest BCUT2D eigenvalue weighted by atomic mass is 9.46. The number of aldehydes is 1. The number of hydrogen-bond acceptors (Lipinski definition) is 3. The molecule has 2 atom stereocenters. The highest BCUT2D eigenvalue weighted by molar-refractivity contribution is 6.23. The SMILES string of the molecule is O=CCC12c3ccccc3C(c3ccccc31)C1C(=O)N(c3ccccc3)C(=O)C12. The molecule has 3 aromatic carbocycles. The molecule has 0 radical (unpaired) electrons. The van der Waals surface area contributed by atoms with E-state index in [9.17, 15) is 14.4 Å². The van der Waals surface area contributed by atoms with Gasteiger partial charge in [0.25, 0.3) is 0 Å². The fourth-order valence-electron chi connectivity index (χ4n) is 6.24. The zero-order valence-electron chi connectivity index (χ0n) is 16.2. The van der Waals surface area contributed by atoms with Gasteiger partial charge in [-0.15, -0.1) is 0 Å². The summed E-state index contributed by atoms with van der Waals surface area (Å²) in [4.78, 5) is 40.9. The number of amides is 2. The highest BCUT2D eigenvalue weighted by atomic mass is 16.2. The van der Waals surface area contributed by atoms with Crippen LogP contribution in [0.1, 0.15) is 34.6 Å². The third kappa shape index (κ3) is 1.89. The minimum Gasteiger partial charge on any atom is -0.303 e. The van der Waals surface area contributed by atoms with Crippen molar-refractivity contribution in [1.82, 2.24) is 0 Å². The number of imide groups is 1. The monoisotopic (exact) mass is 393 g/mol. The van der Waals surface area contributed by atoms with Crippen molar-refractivity contribution in [1.29, 1.82) is 0 Å². The highest BCUT2D eigenvalue weighted by Crippen LogP contribution is 2.65. The molecule has 4 aliphatic rings. The average Bonchev–Trinajstić information content (AvgIpc) is 3.06. The van der Waals surface area contributed by atoms with E-state index in [-0.39, 0.29) is 24.2 Å². The van der Waals surface area contributed by atoms with Gasteiger partial charge in [-0.25, -0.2) is 4.90 Å². The van der Waals surface area contributed by atoms with Gasteiger partial charge in [0.15, 0.2) is 0 Å². The molecular formula is C26H19NO3. The van der Waals surface area contributed by atoms with E-state index >= 15 is 0 Å². The Morgan fingerprint density at radius 1 is 0.767 bits per heavy atom. The molecule has 1 aliphatic heterocycles. The molecule has 0 saturated carbocycles. The molecule has 0 N–H and O–H groups in total. The normalized spacial score (nSPS) is 28.1. The van der Waals surface area contributed by atoms with Crippen LogP contribution < -0.4 is 4.90 Å². The van der Waals surface area contributed by atoms with E-state index in [4.69, 9.17) is 0 Å². The van der Waals surface area contributed by atoms with E-state index in [1.54, 1.807) is 12.1 Å². The number of carbonyl (C=O) groups excluding carboxylic acids is 3. The molecule has 2 amide bonds. The van der Waals surface area contributed by atoms with Crippen molar-refractivity contribution in [3.05, 3.63) is 101 Å². The van der Waals surface area contributed by atoms with Gasteiger partial charge in [0, 0.05) is 17.8 Å². The van der Waals surface area contributed by atoms with Crippen molar-refractivity contribution in [2.45, 2.75) is 17.8 Å². The Labute approximate surface area is 174 Å². The lowest BCUT2D eigenvalue weighted by molar-refractivity contribution is -0.124. The first kappa shape index (κ1) is 17.3. The molecule has 0 spiro atoms. The van der Waals surface area contributed by atoms with Crippen LogP contribution in [0, 0.1) is 11.8 Å². The van der Waals surface area contributed by atoms with Crippen molar-refractivity contribution < 1.29 is 14.4 Å². The molecule has 30 heavy (non-hydrogen) atoms. The molecule has 4 heteroatoms. The third-order valence-corrected chi connectivity index (χ3v) is 7.21. The van der Waals surface area contributed by atoms with Gasteiger partial charge >= 0.3 is 0 Å². The summed E-state index contributed by atoms with van der Waals surface area (Å²) in [5, 5.41) is 0. The Hall–Kier alpha value is -3.53. The minimum atomic E-state index is -0.815. The quantitative estimate of drug-likeness (QED) is 0.502. The smallest absolute Gasteiger partial charge is 0.238 e. The van der Waals surface area contributed by atoms with E-state index in [2.05, 4.69) is 12.1 Å². The lowest BCUT2D eigenvalue weighted by Gasteiger charge is -2.53. The molecule has 1 heterocycles. The van der Waals surface area contributed by atoms with Crippen LogP contribution in [0.3, 0.4) is 0 Å². The van der Waals surface area contributed by atoms with Gasteiger partial charge in [-0.1, -0.05) is 66.7 Å². The molecule has 3 aromatic rings. The Morgan fingerprint density at radius 2 is 1.33 bits per heavy atom. The van der Waals surface area contributed by atoms with Crippen LogP contribution in [0.15, 0.2) is 78.9 Å². The van der Waals surface area contributed by atoms with Crippen LogP contribution in [0.5, 0.6) is 0 Å². The average molecular weight is 393 g/mol. The summed E-state index contributed by atoms with van der Waals surface area (Å²) in [5.41, 5.74) is 3.93. The topological polar surface area (TPSA) is 54.5 Å².